The third-order valence-corrected chi connectivity index (χ3v) is 3.60. The monoisotopic (exact) mass is 272 g/mol. The minimum Gasteiger partial charge on any atom is -0.493 e. The Morgan fingerprint density at radius 2 is 2.20 bits per heavy atom. The van der Waals surface area contributed by atoms with Gasteiger partial charge in [-0.3, -0.25) is 4.98 Å². The van der Waals surface area contributed by atoms with Gasteiger partial charge in [0.1, 0.15) is 5.75 Å². The number of nitrogens with one attached hydrogen (secondary N) is 1. The molecule has 1 saturated carbocycles. The standard InChI is InChI=1S/C16H20N2O2/c19-11-13(18-12-6-7-12)8-10-20-16-5-1-4-15-14(16)3-2-9-17-15/h1-5,9,12-13,18-19H,6-8,10-11H2. The molecule has 0 radical (unpaired) electrons. The molecule has 0 spiro atoms. The zero-order valence-electron chi connectivity index (χ0n) is 11.5. The normalized spacial score (nSPS) is 16.2. The molecular weight excluding hydrogens is 252 g/mol. The van der Waals surface area contributed by atoms with Gasteiger partial charge in [-0.05, 0) is 43.5 Å². The van der Waals surface area contributed by atoms with Crippen LogP contribution in [0.5, 0.6) is 5.75 Å². The highest BCUT2D eigenvalue weighted by Gasteiger charge is 2.24. The van der Waals surface area contributed by atoms with E-state index in [-0.39, 0.29) is 12.6 Å². The minimum absolute atomic E-state index is 0.135. The Morgan fingerprint density at radius 1 is 1.30 bits per heavy atom. The predicted octanol–water partition coefficient (Wildman–Crippen LogP) is 2.12. The molecule has 20 heavy (non-hydrogen) atoms. The summed E-state index contributed by atoms with van der Waals surface area (Å²) in [5.74, 6) is 0.860. The first-order valence-electron chi connectivity index (χ1n) is 7.20. The summed E-state index contributed by atoms with van der Waals surface area (Å²) in [7, 11) is 0. The molecule has 1 unspecified atom stereocenters. The third-order valence-electron chi connectivity index (χ3n) is 3.60. The van der Waals surface area contributed by atoms with E-state index in [0.717, 1.165) is 23.1 Å². The van der Waals surface area contributed by atoms with Crippen LogP contribution in [0, 0.1) is 0 Å². The number of aliphatic hydroxyl groups excluding tert-OH is 1. The van der Waals surface area contributed by atoms with E-state index in [9.17, 15) is 5.11 Å². The number of benzene rings is 1. The van der Waals surface area contributed by atoms with E-state index < -0.39 is 0 Å². The third kappa shape index (κ3) is 3.26. The summed E-state index contributed by atoms with van der Waals surface area (Å²) in [6.45, 7) is 0.760. The van der Waals surface area contributed by atoms with Crippen LogP contribution in [0.4, 0.5) is 0 Å². The second kappa shape index (κ2) is 6.20. The molecule has 1 aliphatic rings. The van der Waals surface area contributed by atoms with Crippen molar-refractivity contribution >= 4 is 10.9 Å². The van der Waals surface area contributed by atoms with Gasteiger partial charge in [-0.1, -0.05) is 6.07 Å². The maximum absolute atomic E-state index is 9.34. The molecule has 4 heteroatoms. The Balaban J connectivity index is 1.58. The zero-order chi connectivity index (χ0) is 13.8. The van der Waals surface area contributed by atoms with Crippen LogP contribution in [-0.2, 0) is 0 Å². The first-order valence-corrected chi connectivity index (χ1v) is 7.20. The van der Waals surface area contributed by atoms with Gasteiger partial charge in [-0.2, -0.15) is 0 Å². The van der Waals surface area contributed by atoms with Crippen molar-refractivity contribution in [1.29, 1.82) is 0 Å². The van der Waals surface area contributed by atoms with Crippen molar-refractivity contribution in [3.63, 3.8) is 0 Å². The summed E-state index contributed by atoms with van der Waals surface area (Å²) >= 11 is 0. The molecule has 0 aliphatic heterocycles. The molecule has 0 bridgehead atoms. The molecule has 1 heterocycles. The van der Waals surface area contributed by atoms with E-state index >= 15 is 0 Å². The van der Waals surface area contributed by atoms with E-state index in [2.05, 4.69) is 10.3 Å². The van der Waals surface area contributed by atoms with E-state index in [1.165, 1.54) is 12.8 Å². The molecule has 1 aromatic heterocycles. The number of ether oxygens (including phenoxy) is 1. The number of rotatable bonds is 7. The topological polar surface area (TPSA) is 54.4 Å². The fourth-order valence-electron chi connectivity index (χ4n) is 2.32. The second-order valence-corrected chi connectivity index (χ2v) is 5.28. The molecule has 4 nitrogen and oxygen atoms in total. The Bertz CT molecular complexity index is 564. The average Bonchev–Trinajstić information content (AvgIpc) is 3.30. The van der Waals surface area contributed by atoms with Gasteiger partial charge in [-0.25, -0.2) is 0 Å². The quantitative estimate of drug-likeness (QED) is 0.810. The summed E-state index contributed by atoms with van der Waals surface area (Å²) in [6.07, 6.45) is 5.05. The molecule has 1 fully saturated rings. The number of hydrogen-bond acceptors (Lipinski definition) is 4. The first kappa shape index (κ1) is 13.3. The van der Waals surface area contributed by atoms with E-state index in [1.807, 2.05) is 30.3 Å². The lowest BCUT2D eigenvalue weighted by Gasteiger charge is -2.16. The summed E-state index contributed by atoms with van der Waals surface area (Å²) in [4.78, 5) is 4.32. The van der Waals surface area contributed by atoms with Gasteiger partial charge in [0.25, 0.3) is 0 Å². The van der Waals surface area contributed by atoms with Crippen molar-refractivity contribution < 1.29 is 9.84 Å². The molecule has 106 valence electrons. The maximum Gasteiger partial charge on any atom is 0.128 e. The lowest BCUT2D eigenvalue weighted by Crippen LogP contribution is -2.35. The smallest absolute Gasteiger partial charge is 0.128 e. The molecule has 0 saturated heterocycles. The summed E-state index contributed by atoms with van der Waals surface area (Å²) < 4.78 is 5.86. The predicted molar refractivity (Wildman–Crippen MR) is 78.9 cm³/mol. The van der Waals surface area contributed by atoms with Gasteiger partial charge < -0.3 is 15.2 Å². The largest absolute Gasteiger partial charge is 0.493 e. The van der Waals surface area contributed by atoms with Crippen molar-refractivity contribution in [2.24, 2.45) is 0 Å². The van der Waals surface area contributed by atoms with Crippen molar-refractivity contribution in [2.75, 3.05) is 13.2 Å². The highest BCUT2D eigenvalue weighted by atomic mass is 16.5. The van der Waals surface area contributed by atoms with Crippen LogP contribution >= 0.6 is 0 Å². The number of aromatic nitrogens is 1. The Morgan fingerprint density at radius 3 is 3.00 bits per heavy atom. The lowest BCUT2D eigenvalue weighted by atomic mass is 10.2. The molecule has 0 amide bonds. The fraction of sp³-hybridized carbons (Fsp3) is 0.438. The zero-order valence-corrected chi connectivity index (χ0v) is 11.5. The second-order valence-electron chi connectivity index (χ2n) is 5.28. The van der Waals surface area contributed by atoms with Crippen LogP contribution < -0.4 is 10.1 Å². The molecule has 2 N–H and O–H groups in total. The summed E-state index contributed by atoms with van der Waals surface area (Å²) in [5, 5.41) is 13.8. The average molecular weight is 272 g/mol. The highest BCUT2D eigenvalue weighted by molar-refractivity contribution is 5.84. The van der Waals surface area contributed by atoms with Crippen LogP contribution in [0.25, 0.3) is 10.9 Å². The Hall–Kier alpha value is -1.65. The van der Waals surface area contributed by atoms with E-state index in [1.54, 1.807) is 6.20 Å². The maximum atomic E-state index is 9.34. The molecule has 1 aliphatic carbocycles. The van der Waals surface area contributed by atoms with Gasteiger partial charge in [0.05, 0.1) is 18.7 Å². The fourth-order valence-corrected chi connectivity index (χ4v) is 2.32. The van der Waals surface area contributed by atoms with Crippen LogP contribution in [0.15, 0.2) is 36.5 Å². The van der Waals surface area contributed by atoms with Gasteiger partial charge in [-0.15, -0.1) is 0 Å². The first-order chi connectivity index (χ1) is 9.86. The van der Waals surface area contributed by atoms with Crippen LogP contribution in [0.2, 0.25) is 0 Å². The Kier molecular flexibility index (Phi) is 4.14. The van der Waals surface area contributed by atoms with Crippen LogP contribution in [0.1, 0.15) is 19.3 Å². The van der Waals surface area contributed by atoms with Crippen LogP contribution in [0.3, 0.4) is 0 Å². The Labute approximate surface area is 118 Å². The molecular formula is C16H20N2O2. The number of fused-ring (bicyclic) bond motifs is 1. The van der Waals surface area contributed by atoms with Crippen LogP contribution in [-0.4, -0.2) is 35.4 Å². The van der Waals surface area contributed by atoms with Crippen molar-refractivity contribution in [1.82, 2.24) is 10.3 Å². The SMILES string of the molecule is OCC(CCOc1cccc2ncccc12)NC1CC1. The van der Waals surface area contributed by atoms with Gasteiger partial charge in [0.15, 0.2) is 0 Å². The van der Waals surface area contributed by atoms with Crippen molar-refractivity contribution in [3.8, 4) is 5.75 Å². The number of pyridine rings is 1. The molecule has 1 atom stereocenters. The van der Waals surface area contributed by atoms with E-state index in [0.29, 0.717) is 12.6 Å². The van der Waals surface area contributed by atoms with Crippen molar-refractivity contribution in [3.05, 3.63) is 36.5 Å². The number of aliphatic hydroxyl groups is 1. The molecule has 2 aromatic rings. The minimum atomic E-state index is 0.135. The van der Waals surface area contributed by atoms with Gasteiger partial charge in [0.2, 0.25) is 0 Å². The molecule has 1 aromatic carbocycles. The molecule has 3 rings (SSSR count). The number of nitrogens with zero attached hydrogens (tertiary/aromatic N) is 1. The lowest BCUT2D eigenvalue weighted by molar-refractivity contribution is 0.208. The van der Waals surface area contributed by atoms with Crippen molar-refractivity contribution in [2.45, 2.75) is 31.3 Å². The van der Waals surface area contributed by atoms with Gasteiger partial charge in [0, 0.05) is 23.7 Å². The van der Waals surface area contributed by atoms with Gasteiger partial charge >= 0.3 is 0 Å². The number of hydrogen-bond donors (Lipinski definition) is 2. The highest BCUT2D eigenvalue weighted by Crippen LogP contribution is 2.24. The summed E-state index contributed by atoms with van der Waals surface area (Å²) in [5.41, 5.74) is 0.944. The summed E-state index contributed by atoms with van der Waals surface area (Å²) in [6, 6.07) is 10.6. The van der Waals surface area contributed by atoms with E-state index in [4.69, 9.17) is 4.74 Å².